The first-order chi connectivity index (χ1) is 8.26. The number of halogens is 4. The van der Waals surface area contributed by atoms with Crippen LogP contribution in [-0.2, 0) is 0 Å². The quantitative estimate of drug-likeness (QED) is 0.473. The summed E-state index contributed by atoms with van der Waals surface area (Å²) in [5, 5.41) is 2.77. The van der Waals surface area contributed by atoms with Crippen molar-refractivity contribution in [1.82, 2.24) is 0 Å². The van der Waals surface area contributed by atoms with Gasteiger partial charge in [-0.3, -0.25) is 4.99 Å². The fraction of sp³-hybridized carbons (Fsp3) is 0.417. The minimum Gasteiger partial charge on any atom is -0.370 e. The molecule has 1 aromatic rings. The van der Waals surface area contributed by atoms with Crippen LogP contribution in [0.2, 0.25) is 0 Å². The zero-order valence-electron chi connectivity index (χ0n) is 10.7. The van der Waals surface area contributed by atoms with Gasteiger partial charge in [-0.1, -0.05) is 6.07 Å². The number of alkyl halides is 3. The van der Waals surface area contributed by atoms with Crippen LogP contribution in [0.25, 0.3) is 0 Å². The topological polar surface area (TPSA) is 50.4 Å². The number of nitrogens with two attached hydrogens (primary N) is 1. The van der Waals surface area contributed by atoms with Crippen LogP contribution in [0.15, 0.2) is 23.2 Å². The normalized spacial score (nSPS) is 11.9. The number of rotatable bonds is 3. The van der Waals surface area contributed by atoms with Gasteiger partial charge in [-0.2, -0.15) is 13.2 Å². The number of benzene rings is 1. The second kappa shape index (κ2) is 7.56. The van der Waals surface area contributed by atoms with E-state index in [0.29, 0.717) is 0 Å². The summed E-state index contributed by atoms with van der Waals surface area (Å²) in [6.07, 6.45) is -5.17. The molecule has 0 atom stereocenters. The summed E-state index contributed by atoms with van der Waals surface area (Å²) in [7, 11) is 0. The summed E-state index contributed by atoms with van der Waals surface area (Å²) in [6.45, 7) is 3.48. The standard InChI is InChI=1S/C12H16F3N3.HI/c1-8-5-9(2)7-10(6-8)18-11(16)17-4-3-12(13,14)15;/h5-7H,3-4H2,1-2H3,(H3,16,17,18);1H. The molecule has 1 aromatic carbocycles. The van der Waals surface area contributed by atoms with Gasteiger partial charge < -0.3 is 11.1 Å². The molecule has 0 heterocycles. The first kappa shape index (κ1) is 18.0. The number of hydrogen-bond acceptors (Lipinski definition) is 1. The highest BCUT2D eigenvalue weighted by molar-refractivity contribution is 14.0. The molecule has 3 N–H and O–H groups in total. The third-order valence-electron chi connectivity index (χ3n) is 2.17. The first-order valence-electron chi connectivity index (χ1n) is 5.48. The third-order valence-corrected chi connectivity index (χ3v) is 2.17. The van der Waals surface area contributed by atoms with Gasteiger partial charge in [0, 0.05) is 5.69 Å². The molecule has 19 heavy (non-hydrogen) atoms. The number of guanidine groups is 1. The van der Waals surface area contributed by atoms with Gasteiger partial charge in [0.05, 0.1) is 13.0 Å². The van der Waals surface area contributed by atoms with E-state index in [4.69, 9.17) is 5.73 Å². The van der Waals surface area contributed by atoms with Crippen molar-refractivity contribution in [3.63, 3.8) is 0 Å². The maximum absolute atomic E-state index is 11.9. The Bertz CT molecular complexity index is 424. The summed E-state index contributed by atoms with van der Waals surface area (Å²) < 4.78 is 35.7. The molecule has 108 valence electrons. The Labute approximate surface area is 127 Å². The van der Waals surface area contributed by atoms with E-state index in [1.54, 1.807) is 0 Å². The maximum Gasteiger partial charge on any atom is 0.390 e. The lowest BCUT2D eigenvalue weighted by molar-refractivity contribution is -0.132. The summed E-state index contributed by atoms with van der Waals surface area (Å²) in [6, 6.07) is 5.68. The molecule has 3 nitrogen and oxygen atoms in total. The molecule has 0 fully saturated rings. The molecule has 0 amide bonds. The largest absolute Gasteiger partial charge is 0.390 e. The molecule has 0 bridgehead atoms. The molecule has 0 aliphatic heterocycles. The van der Waals surface area contributed by atoms with Crippen LogP contribution in [0.4, 0.5) is 18.9 Å². The molecule has 7 heteroatoms. The molecule has 0 spiro atoms. The zero-order valence-corrected chi connectivity index (χ0v) is 13.0. The fourth-order valence-corrected chi connectivity index (χ4v) is 1.54. The number of aryl methyl sites for hydroxylation is 2. The van der Waals surface area contributed by atoms with Gasteiger partial charge in [0.2, 0.25) is 0 Å². The zero-order chi connectivity index (χ0) is 13.8. The lowest BCUT2D eigenvalue weighted by Gasteiger charge is -2.08. The Morgan fingerprint density at radius 3 is 2.21 bits per heavy atom. The van der Waals surface area contributed by atoms with Gasteiger partial charge in [-0.05, 0) is 37.1 Å². The van der Waals surface area contributed by atoms with E-state index in [0.717, 1.165) is 16.8 Å². The summed E-state index contributed by atoms with van der Waals surface area (Å²) in [5.74, 6) is -0.00995. The minimum atomic E-state index is -4.20. The summed E-state index contributed by atoms with van der Waals surface area (Å²) >= 11 is 0. The molecule has 0 unspecified atom stereocenters. The lowest BCUT2D eigenvalue weighted by Crippen LogP contribution is -2.23. The molecule has 0 saturated heterocycles. The predicted octanol–water partition coefficient (Wildman–Crippen LogP) is 3.60. The highest BCUT2D eigenvalue weighted by Gasteiger charge is 2.26. The Kier molecular flexibility index (Phi) is 7.17. The van der Waals surface area contributed by atoms with Crippen molar-refractivity contribution < 1.29 is 13.2 Å². The second-order valence-electron chi connectivity index (χ2n) is 4.13. The van der Waals surface area contributed by atoms with Crippen molar-refractivity contribution in [2.45, 2.75) is 26.4 Å². The number of nitrogens with one attached hydrogen (secondary N) is 1. The molecule has 0 saturated carbocycles. The van der Waals surface area contributed by atoms with E-state index in [1.165, 1.54) is 0 Å². The highest BCUT2D eigenvalue weighted by Crippen LogP contribution is 2.19. The van der Waals surface area contributed by atoms with Crippen LogP contribution in [0, 0.1) is 13.8 Å². The van der Waals surface area contributed by atoms with Gasteiger partial charge in [0.1, 0.15) is 0 Å². The predicted molar refractivity (Wildman–Crippen MR) is 82.1 cm³/mol. The summed E-state index contributed by atoms with van der Waals surface area (Å²) in [4.78, 5) is 3.63. The highest BCUT2D eigenvalue weighted by atomic mass is 127. The Morgan fingerprint density at radius 1 is 1.21 bits per heavy atom. The van der Waals surface area contributed by atoms with Crippen molar-refractivity contribution in [3.05, 3.63) is 29.3 Å². The van der Waals surface area contributed by atoms with Crippen LogP contribution in [0.1, 0.15) is 17.5 Å². The third kappa shape index (κ3) is 7.91. The van der Waals surface area contributed by atoms with Crippen LogP contribution in [0.5, 0.6) is 0 Å². The van der Waals surface area contributed by atoms with Crippen LogP contribution < -0.4 is 11.1 Å². The smallest absolute Gasteiger partial charge is 0.370 e. The van der Waals surface area contributed by atoms with Crippen molar-refractivity contribution in [1.29, 1.82) is 0 Å². The fourth-order valence-electron chi connectivity index (χ4n) is 1.54. The van der Waals surface area contributed by atoms with Crippen molar-refractivity contribution in [2.75, 3.05) is 11.9 Å². The first-order valence-corrected chi connectivity index (χ1v) is 5.48. The van der Waals surface area contributed by atoms with Gasteiger partial charge in [0.25, 0.3) is 0 Å². The Morgan fingerprint density at radius 2 is 1.74 bits per heavy atom. The average molecular weight is 387 g/mol. The average Bonchev–Trinajstić information content (AvgIpc) is 2.12. The van der Waals surface area contributed by atoms with E-state index in [-0.39, 0.29) is 36.5 Å². The molecule has 1 rings (SSSR count). The van der Waals surface area contributed by atoms with Crippen LogP contribution in [-0.4, -0.2) is 18.7 Å². The Hall–Kier alpha value is -0.990. The molecule has 0 radical (unpaired) electrons. The van der Waals surface area contributed by atoms with E-state index >= 15 is 0 Å². The number of aliphatic imine (C=N–C) groups is 1. The van der Waals surface area contributed by atoms with Crippen LogP contribution in [0.3, 0.4) is 0 Å². The SMILES string of the molecule is Cc1cc(C)cc(NC(N)=NCCC(F)(F)F)c1.I. The van der Waals surface area contributed by atoms with E-state index in [2.05, 4.69) is 10.3 Å². The van der Waals surface area contributed by atoms with Gasteiger partial charge in [0.15, 0.2) is 5.96 Å². The number of hydrogen-bond donors (Lipinski definition) is 2. The maximum atomic E-state index is 11.9. The van der Waals surface area contributed by atoms with E-state index in [1.807, 2.05) is 32.0 Å². The van der Waals surface area contributed by atoms with Crippen LogP contribution >= 0.6 is 24.0 Å². The lowest BCUT2D eigenvalue weighted by atomic mass is 10.1. The van der Waals surface area contributed by atoms with Crippen molar-refractivity contribution in [2.24, 2.45) is 10.7 Å². The van der Waals surface area contributed by atoms with Gasteiger partial charge >= 0.3 is 6.18 Å². The molecule has 0 aromatic heterocycles. The number of nitrogens with zero attached hydrogens (tertiary/aromatic N) is 1. The summed E-state index contributed by atoms with van der Waals surface area (Å²) in [5.41, 5.74) is 8.31. The van der Waals surface area contributed by atoms with E-state index < -0.39 is 12.6 Å². The molecule has 0 aliphatic rings. The number of anilines is 1. The second-order valence-corrected chi connectivity index (χ2v) is 4.13. The molecular formula is C12H17F3IN3. The van der Waals surface area contributed by atoms with Crippen molar-refractivity contribution >= 4 is 35.6 Å². The molecule has 0 aliphatic carbocycles. The Balaban J connectivity index is 0.00000324. The van der Waals surface area contributed by atoms with E-state index in [9.17, 15) is 13.2 Å². The molecular weight excluding hydrogens is 370 g/mol. The van der Waals surface area contributed by atoms with Gasteiger partial charge in [-0.25, -0.2) is 0 Å². The monoisotopic (exact) mass is 387 g/mol. The minimum absolute atomic E-state index is 0. The van der Waals surface area contributed by atoms with Crippen molar-refractivity contribution in [3.8, 4) is 0 Å². The van der Waals surface area contributed by atoms with Gasteiger partial charge in [-0.15, -0.1) is 24.0 Å².